The zero-order valence-corrected chi connectivity index (χ0v) is 11.8. The molecular weight excluding hydrogens is 242 g/mol. The third-order valence-electron chi connectivity index (χ3n) is 4.38. The standard InChI is InChI=1S/C15H23NOS/c1-2-7-12(6-1)15(14-10-5-11-18-14)16-17-13-8-3-4-9-13/h5,10-13,15-16H,1-4,6-9H2. The van der Waals surface area contributed by atoms with Gasteiger partial charge in [0.15, 0.2) is 0 Å². The fourth-order valence-corrected chi connectivity index (χ4v) is 4.18. The highest BCUT2D eigenvalue weighted by Gasteiger charge is 2.28. The molecule has 2 aliphatic carbocycles. The van der Waals surface area contributed by atoms with Gasteiger partial charge in [-0.25, -0.2) is 0 Å². The minimum Gasteiger partial charge on any atom is -0.298 e. The van der Waals surface area contributed by atoms with Gasteiger partial charge in [0.25, 0.3) is 0 Å². The van der Waals surface area contributed by atoms with Crippen LogP contribution in [0, 0.1) is 5.92 Å². The molecule has 1 heterocycles. The van der Waals surface area contributed by atoms with Crippen molar-refractivity contribution in [2.24, 2.45) is 5.92 Å². The molecule has 0 spiro atoms. The first kappa shape index (κ1) is 12.6. The van der Waals surface area contributed by atoms with E-state index in [-0.39, 0.29) is 0 Å². The normalized spacial score (nSPS) is 23.8. The van der Waals surface area contributed by atoms with E-state index in [9.17, 15) is 0 Å². The van der Waals surface area contributed by atoms with Gasteiger partial charge in [0.1, 0.15) is 0 Å². The van der Waals surface area contributed by atoms with Crippen molar-refractivity contribution in [3.8, 4) is 0 Å². The number of hydrogen-bond donors (Lipinski definition) is 1. The monoisotopic (exact) mass is 265 g/mol. The maximum Gasteiger partial charge on any atom is 0.0790 e. The van der Waals surface area contributed by atoms with E-state index >= 15 is 0 Å². The van der Waals surface area contributed by atoms with Crippen molar-refractivity contribution in [3.05, 3.63) is 22.4 Å². The van der Waals surface area contributed by atoms with Crippen molar-refractivity contribution in [2.45, 2.75) is 63.5 Å². The maximum atomic E-state index is 5.96. The first-order valence-corrected chi connectivity index (χ1v) is 8.26. The van der Waals surface area contributed by atoms with Gasteiger partial charge >= 0.3 is 0 Å². The molecule has 0 aliphatic heterocycles. The molecule has 0 saturated heterocycles. The molecule has 1 atom stereocenters. The predicted molar refractivity (Wildman–Crippen MR) is 75.5 cm³/mol. The third kappa shape index (κ3) is 2.95. The van der Waals surface area contributed by atoms with Crippen molar-refractivity contribution < 1.29 is 4.84 Å². The molecule has 3 rings (SSSR count). The Morgan fingerprint density at radius 2 is 1.83 bits per heavy atom. The lowest BCUT2D eigenvalue weighted by atomic mass is 9.97. The van der Waals surface area contributed by atoms with Gasteiger partial charge in [0.2, 0.25) is 0 Å². The van der Waals surface area contributed by atoms with Gasteiger partial charge < -0.3 is 0 Å². The lowest BCUT2D eigenvalue weighted by Gasteiger charge is -2.25. The molecule has 2 nitrogen and oxygen atoms in total. The summed E-state index contributed by atoms with van der Waals surface area (Å²) in [5.41, 5.74) is 3.42. The quantitative estimate of drug-likeness (QED) is 0.795. The topological polar surface area (TPSA) is 21.3 Å². The van der Waals surface area contributed by atoms with Crippen LogP contribution in [0.2, 0.25) is 0 Å². The molecule has 1 N–H and O–H groups in total. The predicted octanol–water partition coefficient (Wildman–Crippen LogP) is 4.44. The molecule has 18 heavy (non-hydrogen) atoms. The average molecular weight is 265 g/mol. The van der Waals surface area contributed by atoms with Crippen molar-refractivity contribution in [1.29, 1.82) is 0 Å². The number of hydrogen-bond acceptors (Lipinski definition) is 3. The van der Waals surface area contributed by atoms with E-state index in [4.69, 9.17) is 4.84 Å². The number of nitrogens with one attached hydrogen (secondary N) is 1. The molecule has 0 bridgehead atoms. The summed E-state index contributed by atoms with van der Waals surface area (Å²) in [4.78, 5) is 7.40. The Labute approximate surface area is 114 Å². The largest absolute Gasteiger partial charge is 0.298 e. The molecule has 0 amide bonds. The fourth-order valence-electron chi connectivity index (χ4n) is 3.32. The SMILES string of the molecule is c1csc(C(NOC2CCCC2)C2CCCC2)c1. The van der Waals surface area contributed by atoms with Crippen molar-refractivity contribution >= 4 is 11.3 Å². The first-order chi connectivity index (χ1) is 8.93. The van der Waals surface area contributed by atoms with Crippen molar-refractivity contribution in [3.63, 3.8) is 0 Å². The summed E-state index contributed by atoms with van der Waals surface area (Å²) < 4.78 is 0. The first-order valence-electron chi connectivity index (χ1n) is 7.38. The second-order valence-electron chi connectivity index (χ2n) is 5.68. The van der Waals surface area contributed by atoms with Crippen LogP contribution in [0.5, 0.6) is 0 Å². The Morgan fingerprint density at radius 3 is 2.50 bits per heavy atom. The van der Waals surface area contributed by atoms with Gasteiger partial charge in [-0.1, -0.05) is 31.7 Å². The van der Waals surface area contributed by atoms with Crippen LogP contribution in [0.4, 0.5) is 0 Å². The zero-order chi connectivity index (χ0) is 12.2. The smallest absolute Gasteiger partial charge is 0.0790 e. The summed E-state index contributed by atoms with van der Waals surface area (Å²) in [6, 6.07) is 4.82. The van der Waals surface area contributed by atoms with E-state index in [0.717, 1.165) is 5.92 Å². The second-order valence-corrected chi connectivity index (χ2v) is 6.66. The molecule has 0 radical (unpaired) electrons. The maximum absolute atomic E-state index is 5.96. The summed E-state index contributed by atoms with van der Waals surface area (Å²) in [6.45, 7) is 0. The molecule has 0 aromatic carbocycles. The molecule has 1 unspecified atom stereocenters. The number of hydroxylamine groups is 1. The molecule has 100 valence electrons. The molecule has 2 aliphatic rings. The molecule has 2 fully saturated rings. The summed E-state index contributed by atoms with van der Waals surface area (Å²) in [5, 5.41) is 2.18. The van der Waals surface area contributed by atoms with Gasteiger partial charge in [0, 0.05) is 4.88 Å². The summed E-state index contributed by atoms with van der Waals surface area (Å²) >= 11 is 1.86. The minimum absolute atomic E-state index is 0.424. The molecular formula is C15H23NOS. The Kier molecular flexibility index (Phi) is 4.34. The van der Waals surface area contributed by atoms with Crippen LogP contribution in [-0.2, 0) is 4.84 Å². The Morgan fingerprint density at radius 1 is 1.11 bits per heavy atom. The van der Waals surface area contributed by atoms with Crippen molar-refractivity contribution in [1.82, 2.24) is 5.48 Å². The minimum atomic E-state index is 0.424. The van der Waals surface area contributed by atoms with E-state index in [1.54, 1.807) is 0 Å². The highest BCUT2D eigenvalue weighted by Crippen LogP contribution is 2.37. The van der Waals surface area contributed by atoms with Gasteiger partial charge in [-0.3, -0.25) is 4.84 Å². The van der Waals surface area contributed by atoms with Crippen LogP contribution in [0.25, 0.3) is 0 Å². The van der Waals surface area contributed by atoms with Gasteiger partial charge in [-0.15, -0.1) is 11.3 Å². The highest BCUT2D eigenvalue weighted by atomic mass is 32.1. The fraction of sp³-hybridized carbons (Fsp3) is 0.733. The third-order valence-corrected chi connectivity index (χ3v) is 5.34. The van der Waals surface area contributed by atoms with E-state index in [1.165, 1.54) is 56.2 Å². The van der Waals surface area contributed by atoms with E-state index in [2.05, 4.69) is 23.0 Å². The van der Waals surface area contributed by atoms with Gasteiger partial charge in [0.05, 0.1) is 12.1 Å². The summed E-state index contributed by atoms with van der Waals surface area (Å²) in [7, 11) is 0. The molecule has 2 saturated carbocycles. The van der Waals surface area contributed by atoms with Crippen LogP contribution < -0.4 is 5.48 Å². The molecule has 1 aromatic rings. The Balaban J connectivity index is 1.61. The number of thiophene rings is 1. The number of rotatable bonds is 5. The lowest BCUT2D eigenvalue weighted by molar-refractivity contribution is -0.0505. The Bertz CT molecular complexity index is 339. The van der Waals surface area contributed by atoms with Crippen LogP contribution in [0.1, 0.15) is 62.3 Å². The van der Waals surface area contributed by atoms with Gasteiger partial charge in [-0.05, 0) is 43.0 Å². The van der Waals surface area contributed by atoms with Crippen LogP contribution in [0.15, 0.2) is 17.5 Å². The lowest BCUT2D eigenvalue weighted by Crippen LogP contribution is -2.30. The molecule has 1 aromatic heterocycles. The summed E-state index contributed by atoms with van der Waals surface area (Å²) in [5.74, 6) is 0.769. The Hall–Kier alpha value is -0.380. The zero-order valence-electron chi connectivity index (χ0n) is 10.9. The molecule has 3 heteroatoms. The van der Waals surface area contributed by atoms with E-state index in [1.807, 2.05) is 11.3 Å². The summed E-state index contributed by atoms with van der Waals surface area (Å²) in [6.07, 6.45) is 11.1. The van der Waals surface area contributed by atoms with E-state index in [0.29, 0.717) is 12.1 Å². The van der Waals surface area contributed by atoms with Crippen LogP contribution in [0.3, 0.4) is 0 Å². The second kappa shape index (κ2) is 6.18. The van der Waals surface area contributed by atoms with Crippen molar-refractivity contribution in [2.75, 3.05) is 0 Å². The van der Waals surface area contributed by atoms with E-state index < -0.39 is 0 Å². The van der Waals surface area contributed by atoms with Crippen LogP contribution in [-0.4, -0.2) is 6.10 Å². The van der Waals surface area contributed by atoms with Gasteiger partial charge in [-0.2, -0.15) is 5.48 Å². The highest BCUT2D eigenvalue weighted by molar-refractivity contribution is 7.10. The average Bonchev–Trinajstić information content (AvgIpc) is 3.14. The van der Waals surface area contributed by atoms with Crippen LogP contribution >= 0.6 is 11.3 Å².